The van der Waals surface area contributed by atoms with Gasteiger partial charge in [-0.25, -0.2) is 4.98 Å². The highest BCUT2D eigenvalue weighted by Gasteiger charge is 2.15. The van der Waals surface area contributed by atoms with Gasteiger partial charge in [0.25, 0.3) is 5.56 Å². The average molecular weight is 283 g/mol. The van der Waals surface area contributed by atoms with Crippen molar-refractivity contribution in [3.05, 3.63) is 52.9 Å². The van der Waals surface area contributed by atoms with Crippen LogP contribution in [0.25, 0.3) is 22.4 Å². The van der Waals surface area contributed by atoms with Crippen LogP contribution < -0.4 is 5.56 Å². The highest BCUT2D eigenvalue weighted by atomic mass is 16.4. The van der Waals surface area contributed by atoms with Crippen molar-refractivity contribution in [2.45, 2.75) is 6.54 Å². The zero-order chi connectivity index (χ0) is 15.0. The van der Waals surface area contributed by atoms with Crippen LogP contribution in [0.15, 0.2) is 47.4 Å². The molecule has 0 saturated heterocycles. The number of fused-ring (bicyclic) bond motifs is 1. The maximum absolute atomic E-state index is 11.8. The Kier molecular flexibility index (Phi) is 3.06. The standard InChI is InChI=1S/C15H13N3O3/c1-17-7-6-10(8-13(17)19)15-16-11-4-2-3-5-12(11)18(15)9-14(20)21/h2-8H,9H2,1H3,(H,20,21). The minimum Gasteiger partial charge on any atom is -0.480 e. The molecule has 0 saturated carbocycles. The Labute approximate surface area is 119 Å². The first-order valence-electron chi connectivity index (χ1n) is 6.40. The number of aromatic nitrogens is 3. The van der Waals surface area contributed by atoms with Gasteiger partial charge < -0.3 is 14.2 Å². The molecule has 0 bridgehead atoms. The van der Waals surface area contributed by atoms with Gasteiger partial charge in [-0.15, -0.1) is 0 Å². The molecule has 0 fully saturated rings. The van der Waals surface area contributed by atoms with E-state index in [0.717, 1.165) is 5.52 Å². The van der Waals surface area contributed by atoms with Crippen molar-refractivity contribution in [1.29, 1.82) is 0 Å². The van der Waals surface area contributed by atoms with E-state index in [1.165, 1.54) is 10.6 Å². The third kappa shape index (κ3) is 2.31. The third-order valence-electron chi connectivity index (χ3n) is 3.31. The maximum atomic E-state index is 11.8. The van der Waals surface area contributed by atoms with Gasteiger partial charge in [0, 0.05) is 24.9 Å². The molecule has 106 valence electrons. The summed E-state index contributed by atoms with van der Waals surface area (Å²) in [4.78, 5) is 27.3. The monoisotopic (exact) mass is 283 g/mol. The zero-order valence-electron chi connectivity index (χ0n) is 11.4. The predicted molar refractivity (Wildman–Crippen MR) is 78.0 cm³/mol. The lowest BCUT2D eigenvalue weighted by atomic mass is 10.2. The second-order valence-corrected chi connectivity index (χ2v) is 4.77. The molecule has 0 unspecified atom stereocenters. The first-order valence-corrected chi connectivity index (χ1v) is 6.40. The van der Waals surface area contributed by atoms with Crippen LogP contribution in [0.2, 0.25) is 0 Å². The fourth-order valence-corrected chi connectivity index (χ4v) is 2.28. The predicted octanol–water partition coefficient (Wildman–Crippen LogP) is 1.49. The fourth-order valence-electron chi connectivity index (χ4n) is 2.28. The van der Waals surface area contributed by atoms with Crippen molar-refractivity contribution >= 4 is 17.0 Å². The molecule has 6 heteroatoms. The molecule has 2 heterocycles. The second kappa shape index (κ2) is 4.90. The smallest absolute Gasteiger partial charge is 0.323 e. The SMILES string of the molecule is Cn1ccc(-c2nc3ccccc3n2CC(=O)O)cc1=O. The lowest BCUT2D eigenvalue weighted by Crippen LogP contribution is -2.15. The number of hydrogen-bond acceptors (Lipinski definition) is 3. The molecule has 0 radical (unpaired) electrons. The van der Waals surface area contributed by atoms with E-state index in [9.17, 15) is 9.59 Å². The number of carboxylic acid groups (broad SMARTS) is 1. The molecule has 21 heavy (non-hydrogen) atoms. The fraction of sp³-hybridized carbons (Fsp3) is 0.133. The minimum absolute atomic E-state index is 0.165. The molecule has 3 rings (SSSR count). The van der Waals surface area contributed by atoms with Gasteiger partial charge >= 0.3 is 5.97 Å². The van der Waals surface area contributed by atoms with E-state index in [2.05, 4.69) is 4.98 Å². The molecule has 0 spiro atoms. The quantitative estimate of drug-likeness (QED) is 0.790. The van der Waals surface area contributed by atoms with E-state index < -0.39 is 5.97 Å². The molecule has 1 N–H and O–H groups in total. The highest BCUT2D eigenvalue weighted by molar-refractivity contribution is 5.82. The summed E-state index contributed by atoms with van der Waals surface area (Å²) in [7, 11) is 1.66. The molecule has 0 amide bonds. The number of hydrogen-bond donors (Lipinski definition) is 1. The zero-order valence-corrected chi connectivity index (χ0v) is 11.4. The summed E-state index contributed by atoms with van der Waals surface area (Å²) in [5.74, 6) is -0.473. The van der Waals surface area contributed by atoms with Crippen LogP contribution in [0.3, 0.4) is 0 Å². The van der Waals surface area contributed by atoms with Crippen LogP contribution >= 0.6 is 0 Å². The number of carbonyl (C=O) groups is 1. The van der Waals surface area contributed by atoms with Crippen LogP contribution in [0, 0.1) is 0 Å². The first kappa shape index (κ1) is 13.1. The minimum atomic E-state index is -0.955. The van der Waals surface area contributed by atoms with Gasteiger partial charge in [0.1, 0.15) is 12.4 Å². The Morgan fingerprint density at radius 1 is 1.29 bits per heavy atom. The molecule has 1 aromatic carbocycles. The number of nitrogens with zero attached hydrogens (tertiary/aromatic N) is 3. The number of benzene rings is 1. The lowest BCUT2D eigenvalue weighted by Gasteiger charge is -2.06. The normalized spacial score (nSPS) is 10.9. The number of rotatable bonds is 3. The van der Waals surface area contributed by atoms with Gasteiger partial charge in [0.05, 0.1) is 11.0 Å². The number of imidazole rings is 1. The van der Waals surface area contributed by atoms with Crippen molar-refractivity contribution in [2.24, 2.45) is 7.05 Å². The first-order chi connectivity index (χ1) is 10.1. The van der Waals surface area contributed by atoms with Crippen molar-refractivity contribution < 1.29 is 9.90 Å². The molecule has 6 nitrogen and oxygen atoms in total. The summed E-state index contributed by atoms with van der Waals surface area (Å²) in [5, 5.41) is 9.10. The Balaban J connectivity index is 2.27. The van der Waals surface area contributed by atoms with E-state index in [1.54, 1.807) is 23.9 Å². The third-order valence-corrected chi connectivity index (χ3v) is 3.31. The van der Waals surface area contributed by atoms with Crippen LogP contribution in [0.5, 0.6) is 0 Å². The summed E-state index contributed by atoms with van der Waals surface area (Å²) >= 11 is 0. The average Bonchev–Trinajstić information content (AvgIpc) is 2.80. The summed E-state index contributed by atoms with van der Waals surface area (Å²) in [6.07, 6.45) is 1.64. The summed E-state index contributed by atoms with van der Waals surface area (Å²) in [5.41, 5.74) is 1.88. The van der Waals surface area contributed by atoms with E-state index in [-0.39, 0.29) is 12.1 Å². The molecular weight excluding hydrogens is 270 g/mol. The maximum Gasteiger partial charge on any atom is 0.323 e. The molecule has 2 aromatic heterocycles. The van der Waals surface area contributed by atoms with E-state index in [1.807, 2.05) is 24.3 Å². The van der Waals surface area contributed by atoms with Crippen molar-refractivity contribution in [3.8, 4) is 11.4 Å². The molecule has 0 aliphatic rings. The Hall–Kier alpha value is -2.89. The van der Waals surface area contributed by atoms with Crippen LogP contribution in [-0.4, -0.2) is 25.2 Å². The van der Waals surface area contributed by atoms with Crippen molar-refractivity contribution in [2.75, 3.05) is 0 Å². The Morgan fingerprint density at radius 2 is 2.05 bits per heavy atom. The summed E-state index contributed by atoms with van der Waals surface area (Å²) < 4.78 is 3.06. The Bertz CT molecular complexity index is 893. The summed E-state index contributed by atoms with van der Waals surface area (Å²) in [6, 6.07) is 10.5. The van der Waals surface area contributed by atoms with Gasteiger partial charge in [-0.3, -0.25) is 9.59 Å². The largest absolute Gasteiger partial charge is 0.480 e. The van der Waals surface area contributed by atoms with Crippen molar-refractivity contribution in [3.63, 3.8) is 0 Å². The summed E-state index contributed by atoms with van der Waals surface area (Å²) in [6.45, 7) is -0.203. The van der Waals surface area contributed by atoms with E-state index in [4.69, 9.17) is 5.11 Å². The lowest BCUT2D eigenvalue weighted by molar-refractivity contribution is -0.137. The van der Waals surface area contributed by atoms with Gasteiger partial charge in [0.2, 0.25) is 0 Å². The number of aryl methyl sites for hydroxylation is 1. The molecule has 3 aromatic rings. The topological polar surface area (TPSA) is 77.1 Å². The number of para-hydroxylation sites is 2. The van der Waals surface area contributed by atoms with Gasteiger partial charge in [-0.05, 0) is 18.2 Å². The van der Waals surface area contributed by atoms with Crippen LogP contribution in [0.4, 0.5) is 0 Å². The number of aliphatic carboxylic acids is 1. The van der Waals surface area contributed by atoms with Gasteiger partial charge in [0.15, 0.2) is 0 Å². The number of pyridine rings is 1. The Morgan fingerprint density at radius 3 is 2.76 bits per heavy atom. The van der Waals surface area contributed by atoms with E-state index in [0.29, 0.717) is 16.9 Å². The molecular formula is C15H13N3O3. The van der Waals surface area contributed by atoms with Gasteiger partial charge in [-0.1, -0.05) is 12.1 Å². The van der Waals surface area contributed by atoms with E-state index >= 15 is 0 Å². The second-order valence-electron chi connectivity index (χ2n) is 4.77. The van der Waals surface area contributed by atoms with Gasteiger partial charge in [-0.2, -0.15) is 0 Å². The van der Waals surface area contributed by atoms with Crippen LogP contribution in [-0.2, 0) is 18.4 Å². The molecule has 0 aliphatic heterocycles. The molecule has 0 atom stereocenters. The molecule has 0 aliphatic carbocycles. The van der Waals surface area contributed by atoms with Crippen LogP contribution in [0.1, 0.15) is 0 Å². The highest BCUT2D eigenvalue weighted by Crippen LogP contribution is 2.23. The number of carboxylic acids is 1. The van der Waals surface area contributed by atoms with Crippen molar-refractivity contribution in [1.82, 2.24) is 14.1 Å².